The van der Waals surface area contributed by atoms with Gasteiger partial charge in [0.25, 0.3) is 0 Å². The zero-order valence-corrected chi connectivity index (χ0v) is 9.03. The molecule has 0 atom stereocenters. The molecule has 5 heteroatoms. The summed E-state index contributed by atoms with van der Waals surface area (Å²) in [4.78, 5) is 8.56. The van der Waals surface area contributed by atoms with Crippen molar-refractivity contribution < 1.29 is 15.0 Å². The summed E-state index contributed by atoms with van der Waals surface area (Å²) < 4.78 is 0. The standard InChI is InChI=1S/C8H19N.CH2O3.K.H/c1-6(2)8(5,9)7(3)4;2-1(3)4;;/h6-7H,9H2,1-5H3;(H2,2,3,4);;. The number of nitrogens with two attached hydrogens (primary N) is 1. The Balaban J connectivity index is -0.000000209. The Morgan fingerprint density at radius 3 is 1.29 bits per heavy atom. The first-order valence-corrected chi connectivity index (χ1v) is 4.33. The van der Waals surface area contributed by atoms with Crippen LogP contribution in [0.4, 0.5) is 4.79 Å². The maximum atomic E-state index is 8.56. The minimum atomic E-state index is -1.83. The molecule has 0 spiro atoms. The number of hydrogen-bond donors (Lipinski definition) is 3. The summed E-state index contributed by atoms with van der Waals surface area (Å²) in [6.45, 7) is 10.8. The molecule has 0 saturated heterocycles. The molecule has 14 heavy (non-hydrogen) atoms. The van der Waals surface area contributed by atoms with E-state index in [1.165, 1.54) is 0 Å². The average Bonchev–Trinajstić information content (AvgIpc) is 1.85. The van der Waals surface area contributed by atoms with Crippen LogP contribution in [-0.2, 0) is 0 Å². The third-order valence-corrected chi connectivity index (χ3v) is 2.49. The van der Waals surface area contributed by atoms with E-state index in [0.717, 1.165) is 0 Å². The summed E-state index contributed by atoms with van der Waals surface area (Å²) in [7, 11) is 0. The second kappa shape index (κ2) is 9.12. The van der Waals surface area contributed by atoms with Gasteiger partial charge in [0, 0.05) is 5.54 Å². The van der Waals surface area contributed by atoms with E-state index < -0.39 is 6.16 Å². The van der Waals surface area contributed by atoms with Gasteiger partial charge in [-0.15, -0.1) is 0 Å². The van der Waals surface area contributed by atoms with Gasteiger partial charge in [-0.2, -0.15) is 0 Å². The van der Waals surface area contributed by atoms with Crippen molar-refractivity contribution in [3.8, 4) is 0 Å². The van der Waals surface area contributed by atoms with E-state index in [9.17, 15) is 0 Å². The Kier molecular flexibility index (Phi) is 13.2. The molecule has 0 fully saturated rings. The van der Waals surface area contributed by atoms with Gasteiger partial charge in [0.15, 0.2) is 0 Å². The van der Waals surface area contributed by atoms with Crippen LogP contribution in [0.15, 0.2) is 0 Å². The molecule has 0 aromatic rings. The molecule has 0 aliphatic carbocycles. The zero-order valence-electron chi connectivity index (χ0n) is 9.03. The molecule has 0 unspecified atom stereocenters. The van der Waals surface area contributed by atoms with Crippen LogP contribution in [0.1, 0.15) is 34.6 Å². The van der Waals surface area contributed by atoms with E-state index in [0.29, 0.717) is 11.8 Å². The topological polar surface area (TPSA) is 83.6 Å². The fourth-order valence-corrected chi connectivity index (χ4v) is 0.667. The summed E-state index contributed by atoms with van der Waals surface area (Å²) in [5.74, 6) is 1.13. The predicted octanol–water partition coefficient (Wildman–Crippen LogP) is 1.59. The van der Waals surface area contributed by atoms with Crippen molar-refractivity contribution >= 4 is 57.5 Å². The van der Waals surface area contributed by atoms with Gasteiger partial charge in [-0.25, -0.2) is 4.79 Å². The van der Waals surface area contributed by atoms with E-state index in [4.69, 9.17) is 20.7 Å². The van der Waals surface area contributed by atoms with E-state index >= 15 is 0 Å². The first kappa shape index (κ1) is 20.3. The molecular formula is C9H22KNO3. The first-order chi connectivity index (χ1) is 5.62. The molecule has 4 nitrogen and oxygen atoms in total. The van der Waals surface area contributed by atoms with Crippen LogP contribution in [-0.4, -0.2) is 73.3 Å². The third-order valence-electron chi connectivity index (χ3n) is 2.49. The van der Waals surface area contributed by atoms with Gasteiger partial charge >= 0.3 is 57.5 Å². The Morgan fingerprint density at radius 2 is 1.29 bits per heavy atom. The van der Waals surface area contributed by atoms with Crippen molar-refractivity contribution in [3.05, 3.63) is 0 Å². The predicted molar refractivity (Wildman–Crippen MR) is 60.1 cm³/mol. The molecule has 0 aliphatic heterocycles. The molecule has 0 aromatic heterocycles. The molecule has 0 aromatic carbocycles. The van der Waals surface area contributed by atoms with Crippen LogP contribution in [0.3, 0.4) is 0 Å². The molecule has 0 aliphatic rings. The van der Waals surface area contributed by atoms with Crippen LogP contribution in [0.5, 0.6) is 0 Å². The molecule has 82 valence electrons. The molecule has 4 N–H and O–H groups in total. The fourth-order valence-electron chi connectivity index (χ4n) is 0.667. The second-order valence-electron chi connectivity index (χ2n) is 3.96. The van der Waals surface area contributed by atoms with Gasteiger partial charge < -0.3 is 15.9 Å². The molecule has 0 amide bonds. The van der Waals surface area contributed by atoms with Crippen molar-refractivity contribution in [3.63, 3.8) is 0 Å². The number of rotatable bonds is 2. The average molecular weight is 231 g/mol. The molecule has 0 rings (SSSR count). The van der Waals surface area contributed by atoms with Crippen molar-refractivity contribution in [1.29, 1.82) is 0 Å². The van der Waals surface area contributed by atoms with Gasteiger partial charge in [-0.1, -0.05) is 27.7 Å². The maximum absolute atomic E-state index is 8.56. The fraction of sp³-hybridized carbons (Fsp3) is 0.889. The van der Waals surface area contributed by atoms with Gasteiger partial charge in [0.2, 0.25) is 0 Å². The SMILES string of the molecule is CC(C)C(C)(N)C(C)C.O=C(O)O.[KH]. The van der Waals surface area contributed by atoms with E-state index in [-0.39, 0.29) is 56.9 Å². The Hall–Kier alpha value is 0.866. The van der Waals surface area contributed by atoms with Crippen LogP contribution < -0.4 is 5.73 Å². The molecule has 0 heterocycles. The zero-order chi connectivity index (χ0) is 11.2. The summed E-state index contributed by atoms with van der Waals surface area (Å²) >= 11 is 0. The number of hydrogen-bond acceptors (Lipinski definition) is 2. The molecule has 0 bridgehead atoms. The van der Waals surface area contributed by atoms with Gasteiger partial charge in [0.05, 0.1) is 0 Å². The van der Waals surface area contributed by atoms with Crippen molar-refractivity contribution in [1.82, 2.24) is 0 Å². The van der Waals surface area contributed by atoms with Crippen molar-refractivity contribution in [2.24, 2.45) is 17.6 Å². The molecule has 0 saturated carbocycles. The van der Waals surface area contributed by atoms with Crippen LogP contribution in [0.2, 0.25) is 0 Å². The third kappa shape index (κ3) is 10.9. The van der Waals surface area contributed by atoms with Crippen LogP contribution in [0, 0.1) is 11.8 Å². The monoisotopic (exact) mass is 231 g/mol. The van der Waals surface area contributed by atoms with Crippen molar-refractivity contribution in [2.45, 2.75) is 40.2 Å². The van der Waals surface area contributed by atoms with Crippen LogP contribution >= 0.6 is 0 Å². The summed E-state index contributed by atoms with van der Waals surface area (Å²) in [5.41, 5.74) is 6.00. The quantitative estimate of drug-likeness (QED) is 0.630. The Bertz CT molecular complexity index is 144. The Labute approximate surface area is 129 Å². The minimum absolute atomic E-state index is 0. The Morgan fingerprint density at radius 1 is 1.14 bits per heavy atom. The first-order valence-electron chi connectivity index (χ1n) is 4.33. The van der Waals surface area contributed by atoms with E-state index in [2.05, 4.69) is 34.6 Å². The van der Waals surface area contributed by atoms with E-state index in [1.54, 1.807) is 0 Å². The second-order valence-corrected chi connectivity index (χ2v) is 3.96. The summed E-state index contributed by atoms with van der Waals surface area (Å²) in [6.07, 6.45) is -1.83. The molecule has 0 radical (unpaired) electrons. The summed E-state index contributed by atoms with van der Waals surface area (Å²) in [5, 5.41) is 13.9. The van der Waals surface area contributed by atoms with Crippen molar-refractivity contribution in [2.75, 3.05) is 0 Å². The number of carboxylic acid groups (broad SMARTS) is 2. The van der Waals surface area contributed by atoms with E-state index in [1.807, 2.05) is 0 Å². The van der Waals surface area contributed by atoms with Gasteiger partial charge in [-0.3, -0.25) is 0 Å². The van der Waals surface area contributed by atoms with Gasteiger partial charge in [-0.05, 0) is 18.8 Å². The summed E-state index contributed by atoms with van der Waals surface area (Å²) in [6, 6.07) is 0. The molecular weight excluding hydrogens is 209 g/mol. The number of carbonyl (C=O) groups is 1. The van der Waals surface area contributed by atoms with Crippen LogP contribution in [0.25, 0.3) is 0 Å². The van der Waals surface area contributed by atoms with Gasteiger partial charge in [0.1, 0.15) is 0 Å². The normalized spacial score (nSPS) is 10.3.